The van der Waals surface area contributed by atoms with Gasteiger partial charge in [0.2, 0.25) is 0 Å². The number of nitrogens with two attached hydrogens (primary N) is 1. The fraction of sp³-hybridized carbons (Fsp3) is 0.647. The van der Waals surface area contributed by atoms with Gasteiger partial charge in [0.05, 0.1) is 0 Å². The van der Waals surface area contributed by atoms with E-state index in [1.807, 2.05) is 0 Å². The zero-order chi connectivity index (χ0) is 13.1. The highest BCUT2D eigenvalue weighted by Gasteiger charge is 2.25. The molecule has 3 unspecified atom stereocenters. The first kappa shape index (κ1) is 13.6. The summed E-state index contributed by atoms with van der Waals surface area (Å²) in [5.41, 5.74) is 9.52. The number of benzene rings is 1. The monoisotopic (exact) mass is 245 g/mol. The van der Waals surface area contributed by atoms with Crippen molar-refractivity contribution < 1.29 is 0 Å². The van der Waals surface area contributed by atoms with Crippen molar-refractivity contribution in [1.29, 1.82) is 0 Å². The topological polar surface area (TPSA) is 26.0 Å². The van der Waals surface area contributed by atoms with Crippen LogP contribution in [0.4, 0.5) is 0 Å². The highest BCUT2D eigenvalue weighted by Crippen LogP contribution is 2.35. The molecule has 0 heterocycles. The summed E-state index contributed by atoms with van der Waals surface area (Å²) >= 11 is 0. The first-order valence-electron chi connectivity index (χ1n) is 7.43. The maximum atomic E-state index is 6.41. The van der Waals surface area contributed by atoms with Crippen molar-refractivity contribution in [2.24, 2.45) is 17.6 Å². The van der Waals surface area contributed by atoms with E-state index in [0.717, 1.165) is 6.42 Å². The zero-order valence-electron chi connectivity index (χ0n) is 12.0. The van der Waals surface area contributed by atoms with Gasteiger partial charge in [-0.15, -0.1) is 0 Å². The molecular formula is C17H27N. The molecule has 1 aromatic rings. The highest BCUT2D eigenvalue weighted by molar-refractivity contribution is 5.32. The minimum Gasteiger partial charge on any atom is -0.327 e. The molecule has 0 saturated carbocycles. The Morgan fingerprint density at radius 1 is 1.22 bits per heavy atom. The Balaban J connectivity index is 2.07. The fourth-order valence-corrected chi connectivity index (χ4v) is 3.14. The number of rotatable bonds is 4. The molecule has 2 N–H and O–H groups in total. The maximum absolute atomic E-state index is 6.41. The summed E-state index contributed by atoms with van der Waals surface area (Å²) in [4.78, 5) is 0. The van der Waals surface area contributed by atoms with E-state index < -0.39 is 0 Å². The molecule has 1 aliphatic carbocycles. The Morgan fingerprint density at radius 3 is 2.67 bits per heavy atom. The van der Waals surface area contributed by atoms with Crippen molar-refractivity contribution >= 4 is 0 Å². The number of hydrogen-bond donors (Lipinski definition) is 1. The third-order valence-corrected chi connectivity index (χ3v) is 4.78. The van der Waals surface area contributed by atoms with E-state index in [1.54, 1.807) is 11.1 Å². The predicted molar refractivity (Wildman–Crippen MR) is 78.7 cm³/mol. The molecule has 3 atom stereocenters. The Labute approximate surface area is 112 Å². The van der Waals surface area contributed by atoms with E-state index in [0.29, 0.717) is 23.8 Å². The van der Waals surface area contributed by atoms with Crippen molar-refractivity contribution in [2.45, 2.75) is 58.4 Å². The molecule has 0 bridgehead atoms. The molecule has 1 nitrogen and oxygen atoms in total. The predicted octanol–water partition coefficient (Wildman–Crippen LogP) is 4.12. The van der Waals surface area contributed by atoms with E-state index in [4.69, 9.17) is 5.73 Å². The quantitative estimate of drug-likeness (QED) is 0.848. The molecule has 1 aromatic carbocycles. The minimum atomic E-state index is 0.334. The van der Waals surface area contributed by atoms with Gasteiger partial charge in [0.15, 0.2) is 0 Å². The maximum Gasteiger partial charge on any atom is 0.00727 e. The highest BCUT2D eigenvalue weighted by atomic mass is 14.7. The van der Waals surface area contributed by atoms with Gasteiger partial charge in [-0.2, -0.15) is 0 Å². The van der Waals surface area contributed by atoms with Crippen LogP contribution in [0.3, 0.4) is 0 Å². The average Bonchev–Trinajstić information content (AvgIpc) is 2.38. The number of fused-ring (bicyclic) bond motifs is 1. The second kappa shape index (κ2) is 5.88. The summed E-state index contributed by atoms with van der Waals surface area (Å²) in [7, 11) is 0. The summed E-state index contributed by atoms with van der Waals surface area (Å²) < 4.78 is 0. The first-order valence-corrected chi connectivity index (χ1v) is 7.43. The Morgan fingerprint density at radius 2 is 1.94 bits per heavy atom. The van der Waals surface area contributed by atoms with Crippen LogP contribution >= 0.6 is 0 Å². The molecule has 1 aliphatic rings. The normalized spacial score (nSPS) is 22.6. The van der Waals surface area contributed by atoms with Crippen molar-refractivity contribution in [1.82, 2.24) is 0 Å². The number of aryl methyl sites for hydroxylation is 1. The lowest BCUT2D eigenvalue weighted by molar-refractivity contribution is 0.310. The summed E-state index contributed by atoms with van der Waals surface area (Å²) in [5, 5.41) is 0. The average molecular weight is 245 g/mol. The third kappa shape index (κ3) is 2.95. The second-order valence-corrected chi connectivity index (χ2v) is 6.29. The van der Waals surface area contributed by atoms with E-state index in [2.05, 4.69) is 45.0 Å². The fourth-order valence-electron chi connectivity index (χ4n) is 3.14. The molecule has 2 rings (SSSR count). The van der Waals surface area contributed by atoms with Gasteiger partial charge in [-0.1, -0.05) is 45.0 Å². The van der Waals surface area contributed by atoms with E-state index in [-0.39, 0.29) is 0 Å². The van der Waals surface area contributed by atoms with Gasteiger partial charge in [0.25, 0.3) is 0 Å². The van der Waals surface area contributed by atoms with Crippen LogP contribution in [-0.2, 0) is 6.42 Å². The minimum absolute atomic E-state index is 0.334. The molecule has 0 saturated heterocycles. The Kier molecular flexibility index (Phi) is 4.45. The molecule has 100 valence electrons. The molecule has 0 spiro atoms. The van der Waals surface area contributed by atoms with Crippen LogP contribution in [0.1, 0.15) is 57.1 Å². The lowest BCUT2D eigenvalue weighted by Gasteiger charge is -2.31. The number of hydrogen-bond acceptors (Lipinski definition) is 1. The van der Waals surface area contributed by atoms with Gasteiger partial charge >= 0.3 is 0 Å². The van der Waals surface area contributed by atoms with Crippen molar-refractivity contribution in [3.8, 4) is 0 Å². The smallest absolute Gasteiger partial charge is 0.00727 e. The molecule has 0 radical (unpaired) electrons. The van der Waals surface area contributed by atoms with Crippen molar-refractivity contribution in [3.05, 3.63) is 35.4 Å². The second-order valence-electron chi connectivity index (χ2n) is 6.29. The summed E-state index contributed by atoms with van der Waals surface area (Å²) in [6, 6.07) is 9.28. The third-order valence-electron chi connectivity index (χ3n) is 4.78. The van der Waals surface area contributed by atoms with Crippen molar-refractivity contribution in [2.75, 3.05) is 0 Å². The van der Waals surface area contributed by atoms with Crippen LogP contribution in [0.5, 0.6) is 0 Å². The first-order chi connectivity index (χ1) is 8.59. The van der Waals surface area contributed by atoms with E-state index in [9.17, 15) is 0 Å². The molecule has 0 fully saturated rings. The molecule has 18 heavy (non-hydrogen) atoms. The largest absolute Gasteiger partial charge is 0.327 e. The summed E-state index contributed by atoms with van der Waals surface area (Å²) in [5.74, 6) is 1.98. The van der Waals surface area contributed by atoms with Crippen molar-refractivity contribution in [3.63, 3.8) is 0 Å². The van der Waals surface area contributed by atoms with Crippen LogP contribution in [0, 0.1) is 11.8 Å². The van der Waals surface area contributed by atoms with Gasteiger partial charge in [-0.05, 0) is 54.6 Å². The van der Waals surface area contributed by atoms with Gasteiger partial charge < -0.3 is 5.73 Å². The van der Waals surface area contributed by atoms with Gasteiger partial charge in [-0.3, -0.25) is 0 Å². The van der Waals surface area contributed by atoms with Crippen LogP contribution in [0.15, 0.2) is 24.3 Å². The SMILES string of the molecule is CC(C)C(C)C(N)CC1CCCc2ccccc21. The van der Waals surface area contributed by atoms with Gasteiger partial charge in [-0.25, -0.2) is 0 Å². The van der Waals surface area contributed by atoms with Crippen LogP contribution in [0.25, 0.3) is 0 Å². The molecule has 0 aromatic heterocycles. The van der Waals surface area contributed by atoms with Gasteiger partial charge in [0.1, 0.15) is 0 Å². The van der Waals surface area contributed by atoms with Crippen LogP contribution < -0.4 is 5.73 Å². The summed E-state index contributed by atoms with van der Waals surface area (Å²) in [6.07, 6.45) is 5.04. The lowest BCUT2D eigenvalue weighted by atomic mass is 9.76. The molecule has 0 aliphatic heterocycles. The lowest BCUT2D eigenvalue weighted by Crippen LogP contribution is -2.33. The van der Waals surface area contributed by atoms with E-state index >= 15 is 0 Å². The zero-order valence-corrected chi connectivity index (χ0v) is 12.0. The summed E-state index contributed by atoms with van der Waals surface area (Å²) in [6.45, 7) is 6.85. The van der Waals surface area contributed by atoms with Crippen LogP contribution in [0.2, 0.25) is 0 Å². The van der Waals surface area contributed by atoms with Gasteiger partial charge in [0, 0.05) is 6.04 Å². The molecule has 1 heteroatoms. The molecule has 0 amide bonds. The Hall–Kier alpha value is -0.820. The molecular weight excluding hydrogens is 218 g/mol. The van der Waals surface area contributed by atoms with Crippen LogP contribution in [-0.4, -0.2) is 6.04 Å². The van der Waals surface area contributed by atoms with E-state index in [1.165, 1.54) is 19.3 Å². The Bertz CT molecular complexity index is 383. The standard InChI is InChI=1S/C17H27N/c1-12(2)13(3)17(18)11-15-9-6-8-14-7-4-5-10-16(14)15/h4-5,7,10,12-13,15,17H,6,8-9,11,18H2,1-3H3.